The second-order valence-corrected chi connectivity index (χ2v) is 16.7. The summed E-state index contributed by atoms with van der Waals surface area (Å²) in [7, 11) is 0. The van der Waals surface area contributed by atoms with E-state index in [1.54, 1.807) is 0 Å². The lowest BCUT2D eigenvalue weighted by molar-refractivity contribution is 0.669. The van der Waals surface area contributed by atoms with E-state index in [0.717, 1.165) is 39.2 Å². The molecule has 2 heterocycles. The number of nitrogens with zero attached hydrogens (tertiary/aromatic N) is 1. The molecule has 0 atom stereocenters. The van der Waals surface area contributed by atoms with Crippen molar-refractivity contribution >= 4 is 81.3 Å². The Morgan fingerprint density at radius 1 is 0.328 bits per heavy atom. The fourth-order valence-electron chi connectivity index (χ4n) is 9.16. The summed E-state index contributed by atoms with van der Waals surface area (Å²) in [5, 5.41) is 7.33. The summed E-state index contributed by atoms with van der Waals surface area (Å²) in [5.41, 5.74) is 14.7. The third kappa shape index (κ3) is 6.09. The Hall–Kier alpha value is -7.72. The molecule has 0 spiro atoms. The van der Waals surface area contributed by atoms with Gasteiger partial charge in [-0.3, -0.25) is 0 Å². The minimum Gasteiger partial charge on any atom is -0.456 e. The van der Waals surface area contributed by atoms with Gasteiger partial charge < -0.3 is 9.32 Å². The summed E-state index contributed by atoms with van der Waals surface area (Å²) < 4.78 is 8.90. The van der Waals surface area contributed by atoms with Gasteiger partial charge in [0.1, 0.15) is 11.2 Å². The van der Waals surface area contributed by atoms with Gasteiger partial charge in [0.2, 0.25) is 0 Å². The molecule has 61 heavy (non-hydrogen) atoms. The topological polar surface area (TPSA) is 16.4 Å². The van der Waals surface area contributed by atoms with Gasteiger partial charge in [-0.05, 0) is 116 Å². The van der Waals surface area contributed by atoms with Crippen LogP contribution in [0.2, 0.25) is 0 Å². The molecule has 0 bridgehead atoms. The molecule has 0 aliphatic rings. The summed E-state index contributed by atoms with van der Waals surface area (Å²) in [6.45, 7) is 0. The quantitative estimate of drug-likeness (QED) is 0.160. The molecule has 0 saturated carbocycles. The first kappa shape index (κ1) is 35.2. The van der Waals surface area contributed by atoms with Crippen molar-refractivity contribution in [2.75, 3.05) is 4.90 Å². The van der Waals surface area contributed by atoms with Crippen molar-refractivity contribution in [1.82, 2.24) is 0 Å². The van der Waals surface area contributed by atoms with Crippen molar-refractivity contribution in [3.8, 4) is 44.5 Å². The number of hydrogen-bond donors (Lipinski definition) is 0. The van der Waals surface area contributed by atoms with Gasteiger partial charge in [0.05, 0.1) is 0 Å². The smallest absolute Gasteiger partial charge is 0.136 e. The van der Waals surface area contributed by atoms with Crippen LogP contribution < -0.4 is 4.90 Å². The highest BCUT2D eigenvalue weighted by molar-refractivity contribution is 7.26. The zero-order chi connectivity index (χ0) is 40.3. The highest BCUT2D eigenvalue weighted by atomic mass is 32.1. The van der Waals surface area contributed by atoms with Crippen molar-refractivity contribution in [2.24, 2.45) is 0 Å². The fraction of sp³-hybridized carbons (Fsp3) is 0. The Morgan fingerprint density at radius 2 is 0.902 bits per heavy atom. The molecule has 286 valence electrons. The molecule has 0 aliphatic heterocycles. The molecule has 12 rings (SSSR count). The van der Waals surface area contributed by atoms with E-state index in [2.05, 4.69) is 223 Å². The first-order chi connectivity index (χ1) is 30.2. The summed E-state index contributed by atoms with van der Waals surface area (Å²) in [5.74, 6) is 0. The largest absolute Gasteiger partial charge is 0.456 e. The van der Waals surface area contributed by atoms with Crippen LogP contribution in [0, 0.1) is 0 Å². The molecular formula is C58H37NOS. The number of para-hydroxylation sites is 1. The van der Waals surface area contributed by atoms with E-state index in [0.29, 0.717) is 0 Å². The lowest BCUT2D eigenvalue weighted by atomic mass is 9.92. The van der Waals surface area contributed by atoms with Crippen LogP contribution in [-0.4, -0.2) is 0 Å². The third-order valence-corrected chi connectivity index (χ3v) is 13.3. The SMILES string of the molecule is c1ccc(-c2ccc(N(c3ccc(-c4ccccc4-c4ccc5ccc6oc7ccccc7c6c5c4)cc3)c3cccc(-c4cccc5c4sc4ccccc45)c3)cc2)cc1. The number of rotatable bonds is 7. The van der Waals surface area contributed by atoms with Crippen LogP contribution in [0.15, 0.2) is 229 Å². The van der Waals surface area contributed by atoms with Crippen molar-refractivity contribution in [3.05, 3.63) is 224 Å². The number of thiophene rings is 1. The normalized spacial score (nSPS) is 11.6. The Morgan fingerprint density at radius 3 is 1.72 bits per heavy atom. The number of fused-ring (bicyclic) bond motifs is 8. The second-order valence-electron chi connectivity index (χ2n) is 15.6. The zero-order valence-corrected chi connectivity index (χ0v) is 33.9. The van der Waals surface area contributed by atoms with Gasteiger partial charge in [-0.1, -0.05) is 164 Å². The molecular weight excluding hydrogens is 759 g/mol. The van der Waals surface area contributed by atoms with Gasteiger partial charge >= 0.3 is 0 Å². The van der Waals surface area contributed by atoms with Crippen LogP contribution in [-0.2, 0) is 0 Å². The molecule has 0 N–H and O–H groups in total. The van der Waals surface area contributed by atoms with E-state index in [1.165, 1.54) is 75.3 Å². The van der Waals surface area contributed by atoms with Crippen LogP contribution in [0.3, 0.4) is 0 Å². The zero-order valence-electron chi connectivity index (χ0n) is 33.1. The molecule has 0 radical (unpaired) electrons. The van der Waals surface area contributed by atoms with Crippen LogP contribution in [0.5, 0.6) is 0 Å². The van der Waals surface area contributed by atoms with E-state index < -0.39 is 0 Å². The van der Waals surface area contributed by atoms with Crippen LogP contribution in [0.25, 0.3) is 97.4 Å². The number of hydrogen-bond acceptors (Lipinski definition) is 3. The monoisotopic (exact) mass is 795 g/mol. The maximum Gasteiger partial charge on any atom is 0.136 e. The fourth-order valence-corrected chi connectivity index (χ4v) is 10.4. The molecule has 10 aromatic carbocycles. The lowest BCUT2D eigenvalue weighted by Gasteiger charge is -2.26. The first-order valence-electron chi connectivity index (χ1n) is 20.7. The highest BCUT2D eigenvalue weighted by Gasteiger charge is 2.18. The van der Waals surface area contributed by atoms with Crippen molar-refractivity contribution < 1.29 is 4.42 Å². The third-order valence-electron chi connectivity index (χ3n) is 12.1. The average Bonchev–Trinajstić information content (AvgIpc) is 3.91. The van der Waals surface area contributed by atoms with Crippen molar-refractivity contribution in [1.29, 1.82) is 0 Å². The molecule has 3 heteroatoms. The Labute approximate surface area is 357 Å². The van der Waals surface area contributed by atoms with Crippen molar-refractivity contribution in [2.45, 2.75) is 0 Å². The first-order valence-corrected chi connectivity index (χ1v) is 21.6. The Bertz CT molecular complexity index is 3580. The molecule has 0 saturated heterocycles. The van der Waals surface area contributed by atoms with Gasteiger partial charge in [0, 0.05) is 48.0 Å². The van der Waals surface area contributed by atoms with Crippen LogP contribution in [0.1, 0.15) is 0 Å². The van der Waals surface area contributed by atoms with E-state index in [4.69, 9.17) is 4.42 Å². The lowest BCUT2D eigenvalue weighted by Crippen LogP contribution is -2.10. The van der Waals surface area contributed by atoms with Gasteiger partial charge in [-0.15, -0.1) is 11.3 Å². The molecule has 12 aromatic rings. The van der Waals surface area contributed by atoms with Crippen LogP contribution in [0.4, 0.5) is 17.1 Å². The average molecular weight is 796 g/mol. The standard InChI is InChI=1S/C58H37NOS/c1-2-12-38(13-3-1)39-26-31-44(32-27-39)59(46-15-10-14-42(36-46)49-20-11-21-51-50-18-7-9-23-56(50)61-58(49)51)45-33-28-40(29-34-45)47-16-4-5-17-48(47)43-25-24-41-30-35-55-57(53(41)37-43)52-19-6-8-22-54(52)60-55/h1-37H. The summed E-state index contributed by atoms with van der Waals surface area (Å²) >= 11 is 1.87. The number of benzene rings is 10. The summed E-state index contributed by atoms with van der Waals surface area (Å²) in [6.07, 6.45) is 0. The predicted octanol–water partition coefficient (Wildman–Crippen LogP) is 17.2. The van der Waals surface area contributed by atoms with Gasteiger partial charge in [-0.2, -0.15) is 0 Å². The Kier molecular flexibility index (Phi) is 8.39. The molecule has 2 nitrogen and oxygen atoms in total. The summed E-state index contributed by atoms with van der Waals surface area (Å²) in [6, 6.07) is 81.2. The van der Waals surface area contributed by atoms with E-state index in [-0.39, 0.29) is 0 Å². The van der Waals surface area contributed by atoms with Gasteiger partial charge in [-0.25, -0.2) is 0 Å². The maximum atomic E-state index is 6.27. The van der Waals surface area contributed by atoms with Crippen molar-refractivity contribution in [3.63, 3.8) is 0 Å². The van der Waals surface area contributed by atoms with E-state index in [9.17, 15) is 0 Å². The molecule has 0 amide bonds. The van der Waals surface area contributed by atoms with E-state index >= 15 is 0 Å². The number of anilines is 3. The summed E-state index contributed by atoms with van der Waals surface area (Å²) in [4.78, 5) is 2.38. The van der Waals surface area contributed by atoms with Gasteiger partial charge in [0.15, 0.2) is 0 Å². The number of furan rings is 1. The molecule has 0 aliphatic carbocycles. The van der Waals surface area contributed by atoms with Gasteiger partial charge in [0.25, 0.3) is 0 Å². The molecule has 2 aromatic heterocycles. The highest BCUT2D eigenvalue weighted by Crippen LogP contribution is 2.44. The maximum absolute atomic E-state index is 6.27. The Balaban J connectivity index is 0.958. The molecule has 0 fully saturated rings. The van der Waals surface area contributed by atoms with Crippen LogP contribution >= 0.6 is 11.3 Å². The second kappa shape index (κ2) is 14.5. The predicted molar refractivity (Wildman–Crippen MR) is 261 cm³/mol. The van der Waals surface area contributed by atoms with E-state index in [1.807, 2.05) is 17.4 Å². The minimum atomic E-state index is 0.914. The minimum absolute atomic E-state index is 0.914. The molecule has 0 unspecified atom stereocenters.